The van der Waals surface area contributed by atoms with Crippen molar-refractivity contribution in [3.63, 3.8) is 0 Å². The van der Waals surface area contributed by atoms with Gasteiger partial charge in [0.2, 0.25) is 0 Å². The fourth-order valence-electron chi connectivity index (χ4n) is 1.14. The SMILES string of the molecule is O=Cc1nnc2ccc(Br)cc2c1F. The van der Waals surface area contributed by atoms with Gasteiger partial charge >= 0.3 is 0 Å². The first-order valence-corrected chi connectivity index (χ1v) is 4.58. The first-order valence-electron chi connectivity index (χ1n) is 3.79. The molecule has 0 amide bonds. The van der Waals surface area contributed by atoms with E-state index in [-0.39, 0.29) is 11.1 Å². The molecule has 1 aromatic heterocycles. The van der Waals surface area contributed by atoms with Crippen LogP contribution in [0.3, 0.4) is 0 Å². The van der Waals surface area contributed by atoms with Gasteiger partial charge in [-0.1, -0.05) is 15.9 Å². The molecule has 2 rings (SSSR count). The molecule has 5 heteroatoms. The second-order valence-electron chi connectivity index (χ2n) is 2.68. The number of halogens is 2. The minimum atomic E-state index is -0.633. The highest BCUT2D eigenvalue weighted by molar-refractivity contribution is 9.10. The second kappa shape index (κ2) is 3.42. The fourth-order valence-corrected chi connectivity index (χ4v) is 1.50. The summed E-state index contributed by atoms with van der Waals surface area (Å²) in [4.78, 5) is 10.4. The van der Waals surface area contributed by atoms with Crippen molar-refractivity contribution in [2.75, 3.05) is 0 Å². The Morgan fingerprint density at radius 1 is 1.36 bits per heavy atom. The van der Waals surface area contributed by atoms with Crippen molar-refractivity contribution in [1.29, 1.82) is 0 Å². The van der Waals surface area contributed by atoms with E-state index in [0.29, 0.717) is 11.8 Å². The lowest BCUT2D eigenvalue weighted by molar-refractivity contribution is 0.111. The summed E-state index contributed by atoms with van der Waals surface area (Å²) >= 11 is 3.21. The number of hydrogen-bond donors (Lipinski definition) is 0. The van der Waals surface area contributed by atoms with Crippen LogP contribution in [0.15, 0.2) is 22.7 Å². The normalized spacial score (nSPS) is 10.4. The summed E-state index contributed by atoms with van der Waals surface area (Å²) in [6.07, 6.45) is 0.350. The van der Waals surface area contributed by atoms with Gasteiger partial charge in [0, 0.05) is 9.86 Å². The first kappa shape index (κ1) is 9.21. The zero-order valence-corrected chi connectivity index (χ0v) is 8.45. The molecule has 0 atom stereocenters. The molecule has 0 N–H and O–H groups in total. The van der Waals surface area contributed by atoms with E-state index in [2.05, 4.69) is 26.1 Å². The second-order valence-corrected chi connectivity index (χ2v) is 3.59. The van der Waals surface area contributed by atoms with Crippen LogP contribution in [0.4, 0.5) is 4.39 Å². The zero-order valence-electron chi connectivity index (χ0n) is 6.87. The number of rotatable bonds is 1. The van der Waals surface area contributed by atoms with Crippen molar-refractivity contribution < 1.29 is 9.18 Å². The van der Waals surface area contributed by atoms with Gasteiger partial charge in [-0.3, -0.25) is 4.79 Å². The quantitative estimate of drug-likeness (QED) is 0.734. The van der Waals surface area contributed by atoms with Crippen LogP contribution < -0.4 is 0 Å². The highest BCUT2D eigenvalue weighted by Crippen LogP contribution is 2.20. The largest absolute Gasteiger partial charge is 0.296 e. The van der Waals surface area contributed by atoms with Crippen LogP contribution in [0.2, 0.25) is 0 Å². The van der Waals surface area contributed by atoms with E-state index >= 15 is 0 Å². The van der Waals surface area contributed by atoms with Gasteiger partial charge in [0.25, 0.3) is 0 Å². The Labute approximate surface area is 87.1 Å². The molecular weight excluding hydrogens is 251 g/mol. The molecule has 0 radical (unpaired) electrons. The van der Waals surface area contributed by atoms with Crippen molar-refractivity contribution in [1.82, 2.24) is 10.2 Å². The lowest BCUT2D eigenvalue weighted by Crippen LogP contribution is -1.97. The van der Waals surface area contributed by atoms with Gasteiger partial charge in [-0.25, -0.2) is 4.39 Å². The minimum Gasteiger partial charge on any atom is -0.296 e. The molecule has 0 aliphatic heterocycles. The number of carbonyl (C=O) groups excluding carboxylic acids is 1. The fraction of sp³-hybridized carbons (Fsp3) is 0. The van der Waals surface area contributed by atoms with E-state index in [4.69, 9.17) is 0 Å². The Morgan fingerprint density at radius 2 is 2.14 bits per heavy atom. The predicted octanol–water partition coefficient (Wildman–Crippen LogP) is 2.34. The van der Waals surface area contributed by atoms with Gasteiger partial charge in [0.1, 0.15) is 0 Å². The van der Waals surface area contributed by atoms with Gasteiger partial charge < -0.3 is 0 Å². The number of benzene rings is 1. The van der Waals surface area contributed by atoms with Gasteiger partial charge in [-0.05, 0) is 18.2 Å². The van der Waals surface area contributed by atoms with Gasteiger partial charge in [0.15, 0.2) is 17.8 Å². The maximum Gasteiger partial charge on any atom is 0.173 e. The highest BCUT2D eigenvalue weighted by atomic mass is 79.9. The molecule has 1 heterocycles. The minimum absolute atomic E-state index is 0.268. The summed E-state index contributed by atoms with van der Waals surface area (Å²) in [5, 5.41) is 7.45. The molecule has 0 fully saturated rings. The third-order valence-electron chi connectivity index (χ3n) is 1.80. The summed E-state index contributed by atoms with van der Waals surface area (Å²) in [6, 6.07) is 4.92. The Hall–Kier alpha value is -1.36. The van der Waals surface area contributed by atoms with Crippen LogP contribution in [0, 0.1) is 5.82 Å². The molecule has 2 aromatic rings. The van der Waals surface area contributed by atoms with E-state index < -0.39 is 5.82 Å². The van der Waals surface area contributed by atoms with Crippen molar-refractivity contribution in [2.45, 2.75) is 0 Å². The molecule has 0 spiro atoms. The smallest absolute Gasteiger partial charge is 0.173 e. The maximum atomic E-state index is 13.5. The lowest BCUT2D eigenvalue weighted by Gasteiger charge is -1.99. The molecular formula is C9H4BrFN2O. The molecule has 0 unspecified atom stereocenters. The standard InChI is InChI=1S/C9H4BrFN2O/c10-5-1-2-7-6(3-5)9(11)8(4-14)13-12-7/h1-4H. The average molecular weight is 255 g/mol. The maximum absolute atomic E-state index is 13.5. The highest BCUT2D eigenvalue weighted by Gasteiger charge is 2.09. The monoisotopic (exact) mass is 254 g/mol. The Balaban J connectivity index is 2.86. The Kier molecular flexibility index (Phi) is 2.25. The van der Waals surface area contributed by atoms with Crippen LogP contribution in [0.25, 0.3) is 10.9 Å². The van der Waals surface area contributed by atoms with E-state index in [1.54, 1.807) is 18.2 Å². The molecule has 0 bridgehead atoms. The molecule has 3 nitrogen and oxygen atoms in total. The van der Waals surface area contributed by atoms with E-state index in [9.17, 15) is 9.18 Å². The van der Waals surface area contributed by atoms with Gasteiger partial charge in [-0.2, -0.15) is 0 Å². The van der Waals surface area contributed by atoms with Crippen molar-refractivity contribution in [3.8, 4) is 0 Å². The van der Waals surface area contributed by atoms with Crippen LogP contribution in [0.1, 0.15) is 10.5 Å². The topological polar surface area (TPSA) is 42.9 Å². The summed E-state index contributed by atoms with van der Waals surface area (Å²) in [7, 11) is 0. The molecule has 70 valence electrons. The number of hydrogen-bond acceptors (Lipinski definition) is 3. The van der Waals surface area contributed by atoms with Crippen LogP contribution in [-0.4, -0.2) is 16.5 Å². The number of nitrogens with zero attached hydrogens (tertiary/aromatic N) is 2. The van der Waals surface area contributed by atoms with E-state index in [1.165, 1.54) is 0 Å². The molecule has 0 saturated heterocycles. The van der Waals surface area contributed by atoms with Gasteiger partial charge in [-0.15, -0.1) is 10.2 Å². The summed E-state index contributed by atoms with van der Waals surface area (Å²) in [6.45, 7) is 0. The van der Waals surface area contributed by atoms with E-state index in [0.717, 1.165) is 4.47 Å². The molecule has 0 aliphatic carbocycles. The zero-order chi connectivity index (χ0) is 10.1. The number of fused-ring (bicyclic) bond motifs is 1. The number of aromatic nitrogens is 2. The average Bonchev–Trinajstić information content (AvgIpc) is 2.20. The third-order valence-corrected chi connectivity index (χ3v) is 2.29. The summed E-state index contributed by atoms with van der Waals surface area (Å²) in [5.41, 5.74) is 0.159. The number of aldehydes is 1. The summed E-state index contributed by atoms with van der Waals surface area (Å²) in [5.74, 6) is -0.633. The number of carbonyl (C=O) groups is 1. The van der Waals surface area contributed by atoms with Crippen molar-refractivity contribution in [2.24, 2.45) is 0 Å². The molecule has 0 saturated carbocycles. The van der Waals surface area contributed by atoms with Crippen LogP contribution >= 0.6 is 15.9 Å². The van der Waals surface area contributed by atoms with Gasteiger partial charge in [0.05, 0.1) is 5.52 Å². The lowest BCUT2D eigenvalue weighted by atomic mass is 10.2. The first-order chi connectivity index (χ1) is 6.72. The Morgan fingerprint density at radius 3 is 2.86 bits per heavy atom. The molecule has 14 heavy (non-hydrogen) atoms. The summed E-state index contributed by atoms with van der Waals surface area (Å²) < 4.78 is 14.2. The Bertz CT molecular complexity index is 515. The predicted molar refractivity (Wildman–Crippen MR) is 52.6 cm³/mol. The van der Waals surface area contributed by atoms with E-state index in [1.807, 2.05) is 0 Å². The van der Waals surface area contributed by atoms with Crippen LogP contribution in [-0.2, 0) is 0 Å². The third kappa shape index (κ3) is 1.39. The molecule has 0 aliphatic rings. The van der Waals surface area contributed by atoms with Crippen molar-refractivity contribution >= 4 is 33.1 Å². The van der Waals surface area contributed by atoms with Crippen molar-refractivity contribution in [3.05, 3.63) is 34.2 Å². The molecule has 1 aromatic carbocycles. The van der Waals surface area contributed by atoms with Crippen LogP contribution in [0.5, 0.6) is 0 Å².